The first kappa shape index (κ1) is 14.6. The van der Waals surface area contributed by atoms with E-state index in [9.17, 15) is 9.18 Å². The molecule has 2 aromatic carbocycles. The molecule has 0 aliphatic carbocycles. The Balaban J connectivity index is 2.28. The Kier molecular flexibility index (Phi) is 4.42. The van der Waals surface area contributed by atoms with Gasteiger partial charge in [0.15, 0.2) is 0 Å². The molecular formula is C14H8BrFN2OS. The van der Waals surface area contributed by atoms with Crippen molar-refractivity contribution in [1.82, 2.24) is 0 Å². The van der Waals surface area contributed by atoms with Gasteiger partial charge in [0.05, 0.1) is 22.9 Å². The van der Waals surface area contributed by atoms with Crippen molar-refractivity contribution in [3.05, 3.63) is 57.8 Å². The zero-order valence-corrected chi connectivity index (χ0v) is 12.5. The first-order valence-electron chi connectivity index (χ1n) is 5.51. The summed E-state index contributed by atoms with van der Waals surface area (Å²) in [7, 11) is 0. The van der Waals surface area contributed by atoms with E-state index in [1.807, 2.05) is 6.07 Å². The molecule has 0 aliphatic heterocycles. The number of nitrogens with one attached hydrogen (secondary N) is 1. The topological polar surface area (TPSA) is 52.9 Å². The van der Waals surface area contributed by atoms with E-state index in [0.29, 0.717) is 20.6 Å². The van der Waals surface area contributed by atoms with E-state index in [4.69, 9.17) is 5.26 Å². The summed E-state index contributed by atoms with van der Waals surface area (Å²) in [6, 6.07) is 10.7. The largest absolute Gasteiger partial charge is 0.321 e. The van der Waals surface area contributed by atoms with Crippen molar-refractivity contribution in [3.8, 4) is 6.07 Å². The molecule has 0 saturated heterocycles. The molecule has 0 heterocycles. The molecule has 1 amide bonds. The van der Waals surface area contributed by atoms with Crippen LogP contribution in [0.4, 0.5) is 10.1 Å². The molecule has 2 aromatic rings. The van der Waals surface area contributed by atoms with Crippen molar-refractivity contribution in [3.63, 3.8) is 0 Å². The van der Waals surface area contributed by atoms with E-state index in [2.05, 4.69) is 33.9 Å². The van der Waals surface area contributed by atoms with Crippen LogP contribution in [-0.4, -0.2) is 5.91 Å². The van der Waals surface area contributed by atoms with Gasteiger partial charge in [-0.2, -0.15) is 5.26 Å². The van der Waals surface area contributed by atoms with E-state index in [1.165, 1.54) is 18.2 Å². The van der Waals surface area contributed by atoms with E-state index in [-0.39, 0.29) is 5.56 Å². The van der Waals surface area contributed by atoms with E-state index in [0.717, 1.165) is 0 Å². The molecule has 6 heteroatoms. The Bertz CT molecular complexity index is 728. The first-order valence-corrected chi connectivity index (χ1v) is 6.75. The van der Waals surface area contributed by atoms with Crippen LogP contribution in [0.2, 0.25) is 0 Å². The third-order valence-corrected chi connectivity index (χ3v) is 3.48. The lowest BCUT2D eigenvalue weighted by molar-refractivity contribution is 0.102. The van der Waals surface area contributed by atoms with Crippen LogP contribution >= 0.6 is 28.6 Å². The van der Waals surface area contributed by atoms with Gasteiger partial charge in [0.2, 0.25) is 0 Å². The summed E-state index contributed by atoms with van der Waals surface area (Å²) < 4.78 is 14.1. The molecular weight excluding hydrogens is 343 g/mol. The van der Waals surface area contributed by atoms with Gasteiger partial charge in [-0.15, -0.1) is 12.6 Å². The predicted octanol–water partition coefficient (Wildman–Crippen LogP) is 4.00. The predicted molar refractivity (Wildman–Crippen MR) is 80.5 cm³/mol. The molecule has 0 atom stereocenters. The molecule has 1 N–H and O–H groups in total. The number of carbonyl (C=O) groups excluding carboxylic acids is 1. The minimum absolute atomic E-state index is 0.0891. The standard InChI is InChI=1S/C14H8BrFN2OS/c15-11-5-8(7-17)1-4-13(11)18-14(19)10-6-9(20)2-3-12(10)16/h1-6,20H,(H,18,19). The maximum absolute atomic E-state index is 13.6. The van der Waals surface area contributed by atoms with Crippen LogP contribution in [-0.2, 0) is 0 Å². The molecule has 0 aromatic heterocycles. The maximum Gasteiger partial charge on any atom is 0.258 e. The van der Waals surface area contributed by atoms with Crippen molar-refractivity contribution >= 4 is 40.2 Å². The Hall–Kier alpha value is -1.84. The van der Waals surface area contributed by atoms with Crippen LogP contribution in [0.5, 0.6) is 0 Å². The van der Waals surface area contributed by atoms with Crippen LogP contribution in [0.15, 0.2) is 45.8 Å². The number of anilines is 1. The minimum atomic E-state index is -0.620. The summed E-state index contributed by atoms with van der Waals surface area (Å²) in [5.41, 5.74) is 0.824. The van der Waals surface area contributed by atoms with Gasteiger partial charge in [-0.05, 0) is 52.3 Å². The Morgan fingerprint density at radius 3 is 2.70 bits per heavy atom. The summed E-state index contributed by atoms with van der Waals surface area (Å²) in [6.45, 7) is 0. The SMILES string of the molecule is N#Cc1ccc(NC(=O)c2cc(S)ccc2F)c(Br)c1. The number of nitriles is 1. The van der Waals surface area contributed by atoms with Crippen molar-refractivity contribution in [2.75, 3.05) is 5.32 Å². The van der Waals surface area contributed by atoms with E-state index in [1.54, 1.807) is 18.2 Å². The number of nitrogens with zero attached hydrogens (tertiary/aromatic N) is 1. The number of amides is 1. The first-order chi connectivity index (χ1) is 9.51. The lowest BCUT2D eigenvalue weighted by Crippen LogP contribution is -2.14. The number of hydrogen-bond donors (Lipinski definition) is 2. The second-order valence-corrected chi connectivity index (χ2v) is 5.30. The van der Waals surface area contributed by atoms with Crippen LogP contribution in [0.3, 0.4) is 0 Å². The molecule has 100 valence electrons. The van der Waals surface area contributed by atoms with Gasteiger partial charge in [0, 0.05) is 9.37 Å². The normalized spacial score (nSPS) is 9.90. The number of carbonyl (C=O) groups is 1. The summed E-state index contributed by atoms with van der Waals surface area (Å²) >= 11 is 7.32. The number of hydrogen-bond acceptors (Lipinski definition) is 3. The second kappa shape index (κ2) is 6.07. The highest BCUT2D eigenvalue weighted by molar-refractivity contribution is 9.10. The Morgan fingerprint density at radius 1 is 1.30 bits per heavy atom. The number of halogens is 2. The fourth-order valence-corrected chi connectivity index (χ4v) is 2.24. The van der Waals surface area contributed by atoms with Gasteiger partial charge in [-0.25, -0.2) is 4.39 Å². The molecule has 0 spiro atoms. The molecule has 3 nitrogen and oxygen atoms in total. The highest BCUT2D eigenvalue weighted by Gasteiger charge is 2.13. The molecule has 0 saturated carbocycles. The summed E-state index contributed by atoms with van der Waals surface area (Å²) in [5.74, 6) is -1.20. The highest BCUT2D eigenvalue weighted by atomic mass is 79.9. The quantitative estimate of drug-likeness (QED) is 0.804. The summed E-state index contributed by atoms with van der Waals surface area (Å²) in [4.78, 5) is 12.5. The molecule has 0 bridgehead atoms. The number of benzene rings is 2. The van der Waals surface area contributed by atoms with Gasteiger partial charge >= 0.3 is 0 Å². The van der Waals surface area contributed by atoms with Gasteiger partial charge < -0.3 is 5.32 Å². The second-order valence-electron chi connectivity index (χ2n) is 3.92. The Labute approximate surface area is 129 Å². The van der Waals surface area contributed by atoms with Gasteiger partial charge in [-0.1, -0.05) is 0 Å². The average Bonchev–Trinajstić information content (AvgIpc) is 2.43. The van der Waals surface area contributed by atoms with Crippen molar-refractivity contribution < 1.29 is 9.18 Å². The maximum atomic E-state index is 13.6. The van der Waals surface area contributed by atoms with Crippen LogP contribution in [0.1, 0.15) is 15.9 Å². The molecule has 20 heavy (non-hydrogen) atoms. The number of thiol groups is 1. The smallest absolute Gasteiger partial charge is 0.258 e. The van der Waals surface area contributed by atoms with Crippen molar-refractivity contribution in [1.29, 1.82) is 5.26 Å². The summed E-state index contributed by atoms with van der Waals surface area (Å²) in [6.07, 6.45) is 0. The van der Waals surface area contributed by atoms with Gasteiger partial charge in [-0.3, -0.25) is 4.79 Å². The number of rotatable bonds is 2. The molecule has 0 radical (unpaired) electrons. The zero-order chi connectivity index (χ0) is 14.7. The molecule has 0 unspecified atom stereocenters. The third kappa shape index (κ3) is 3.18. The van der Waals surface area contributed by atoms with E-state index < -0.39 is 11.7 Å². The summed E-state index contributed by atoms with van der Waals surface area (Å²) in [5, 5.41) is 11.3. The average molecular weight is 351 g/mol. The Morgan fingerprint density at radius 2 is 2.05 bits per heavy atom. The van der Waals surface area contributed by atoms with Crippen molar-refractivity contribution in [2.45, 2.75) is 4.90 Å². The van der Waals surface area contributed by atoms with Gasteiger partial charge in [0.1, 0.15) is 5.82 Å². The lowest BCUT2D eigenvalue weighted by atomic mass is 10.2. The third-order valence-electron chi connectivity index (χ3n) is 2.54. The lowest BCUT2D eigenvalue weighted by Gasteiger charge is -2.08. The van der Waals surface area contributed by atoms with Crippen LogP contribution in [0.25, 0.3) is 0 Å². The minimum Gasteiger partial charge on any atom is -0.321 e. The fourth-order valence-electron chi connectivity index (χ4n) is 1.56. The highest BCUT2D eigenvalue weighted by Crippen LogP contribution is 2.24. The molecule has 0 fully saturated rings. The van der Waals surface area contributed by atoms with Crippen LogP contribution in [0, 0.1) is 17.1 Å². The van der Waals surface area contributed by atoms with Crippen molar-refractivity contribution in [2.24, 2.45) is 0 Å². The molecule has 0 aliphatic rings. The fraction of sp³-hybridized carbons (Fsp3) is 0. The molecule has 2 rings (SSSR count). The van der Waals surface area contributed by atoms with Crippen LogP contribution < -0.4 is 5.32 Å². The monoisotopic (exact) mass is 350 g/mol. The van der Waals surface area contributed by atoms with Gasteiger partial charge in [0.25, 0.3) is 5.91 Å². The van der Waals surface area contributed by atoms with E-state index >= 15 is 0 Å². The zero-order valence-electron chi connectivity index (χ0n) is 10.0.